The second kappa shape index (κ2) is 5.48. The van der Waals surface area contributed by atoms with Gasteiger partial charge in [-0.3, -0.25) is 10.1 Å². The summed E-state index contributed by atoms with van der Waals surface area (Å²) in [5.74, 6) is 0. The van der Waals surface area contributed by atoms with Crippen LogP contribution in [0.2, 0.25) is 0 Å². The molecule has 2 rings (SSSR count). The van der Waals surface area contributed by atoms with Gasteiger partial charge in [0.05, 0.1) is 16.4 Å². The Hall–Kier alpha value is -1.11. The van der Waals surface area contributed by atoms with Crippen molar-refractivity contribution in [3.8, 4) is 0 Å². The molecule has 0 saturated carbocycles. The lowest BCUT2D eigenvalue weighted by Gasteiger charge is -2.27. The molecule has 1 saturated heterocycles. The van der Waals surface area contributed by atoms with Gasteiger partial charge < -0.3 is 10.5 Å². The zero-order chi connectivity index (χ0) is 12.3. The Kier molecular flexibility index (Phi) is 3.98. The predicted molar refractivity (Wildman–Crippen MR) is 66.2 cm³/mol. The van der Waals surface area contributed by atoms with Crippen LogP contribution in [0.15, 0.2) is 29.2 Å². The van der Waals surface area contributed by atoms with E-state index < -0.39 is 0 Å². The van der Waals surface area contributed by atoms with E-state index in [0.717, 1.165) is 6.42 Å². The van der Waals surface area contributed by atoms with Crippen molar-refractivity contribution in [2.24, 2.45) is 5.73 Å². The number of rotatable bonds is 3. The van der Waals surface area contributed by atoms with Gasteiger partial charge in [-0.25, -0.2) is 0 Å². The lowest BCUT2D eigenvalue weighted by Crippen LogP contribution is -2.40. The molecule has 92 valence electrons. The smallest absolute Gasteiger partial charge is 0.282 e. The predicted octanol–water partition coefficient (Wildman–Crippen LogP) is 1.80. The van der Waals surface area contributed by atoms with Gasteiger partial charge in [-0.15, -0.1) is 11.8 Å². The highest BCUT2D eigenvalue weighted by Gasteiger charge is 2.26. The molecule has 1 aromatic carbocycles. The average molecular weight is 254 g/mol. The van der Waals surface area contributed by atoms with Crippen molar-refractivity contribution in [2.75, 3.05) is 13.2 Å². The first-order chi connectivity index (χ1) is 8.18. The number of nitrogens with two attached hydrogens (primary N) is 1. The summed E-state index contributed by atoms with van der Waals surface area (Å²) in [6, 6.07) is 6.76. The van der Waals surface area contributed by atoms with Gasteiger partial charge in [0.2, 0.25) is 0 Å². The van der Waals surface area contributed by atoms with Crippen molar-refractivity contribution in [1.29, 1.82) is 0 Å². The number of hydrogen-bond donors (Lipinski definition) is 1. The summed E-state index contributed by atoms with van der Waals surface area (Å²) >= 11 is 1.44. The van der Waals surface area contributed by atoms with Crippen molar-refractivity contribution >= 4 is 17.4 Å². The van der Waals surface area contributed by atoms with Crippen molar-refractivity contribution in [3.05, 3.63) is 34.4 Å². The minimum atomic E-state index is -0.364. The molecule has 2 atom stereocenters. The summed E-state index contributed by atoms with van der Waals surface area (Å²) in [7, 11) is 0. The van der Waals surface area contributed by atoms with Crippen LogP contribution in [0, 0.1) is 10.1 Å². The Morgan fingerprint density at radius 3 is 2.94 bits per heavy atom. The van der Waals surface area contributed by atoms with Crippen molar-refractivity contribution in [3.63, 3.8) is 0 Å². The molecule has 2 unspecified atom stereocenters. The lowest BCUT2D eigenvalue weighted by molar-refractivity contribution is -0.387. The molecule has 5 nitrogen and oxygen atoms in total. The monoisotopic (exact) mass is 254 g/mol. The Labute approximate surface area is 103 Å². The van der Waals surface area contributed by atoms with Gasteiger partial charge in [0.15, 0.2) is 0 Å². The summed E-state index contributed by atoms with van der Waals surface area (Å²) < 4.78 is 5.35. The fraction of sp³-hybridized carbons (Fsp3) is 0.455. The SMILES string of the molecule is NC1CCOCC1Sc1ccccc1[N+](=O)[O-]. The molecule has 2 N–H and O–H groups in total. The number of ether oxygens (including phenoxy) is 1. The highest BCUT2D eigenvalue weighted by atomic mass is 32.2. The van der Waals surface area contributed by atoms with Gasteiger partial charge >= 0.3 is 0 Å². The first-order valence-corrected chi connectivity index (χ1v) is 6.30. The number of nitro groups is 1. The highest BCUT2D eigenvalue weighted by molar-refractivity contribution is 8.00. The first-order valence-electron chi connectivity index (χ1n) is 5.42. The van der Waals surface area contributed by atoms with E-state index in [1.807, 2.05) is 0 Å². The van der Waals surface area contributed by atoms with E-state index in [1.165, 1.54) is 17.8 Å². The maximum absolute atomic E-state index is 10.9. The molecule has 17 heavy (non-hydrogen) atoms. The van der Waals surface area contributed by atoms with Gasteiger partial charge in [-0.1, -0.05) is 12.1 Å². The third kappa shape index (κ3) is 2.96. The topological polar surface area (TPSA) is 78.4 Å². The fourth-order valence-electron chi connectivity index (χ4n) is 1.72. The Morgan fingerprint density at radius 1 is 1.47 bits per heavy atom. The molecular weight excluding hydrogens is 240 g/mol. The second-order valence-electron chi connectivity index (χ2n) is 3.91. The zero-order valence-electron chi connectivity index (χ0n) is 9.24. The Bertz CT molecular complexity index is 413. The van der Waals surface area contributed by atoms with Crippen LogP contribution in [0.1, 0.15) is 6.42 Å². The van der Waals surface area contributed by atoms with Crippen LogP contribution < -0.4 is 5.73 Å². The molecule has 6 heteroatoms. The molecule has 1 aliphatic heterocycles. The van der Waals surface area contributed by atoms with Gasteiger partial charge in [-0.2, -0.15) is 0 Å². The molecule has 0 bridgehead atoms. The van der Waals surface area contributed by atoms with E-state index in [0.29, 0.717) is 18.1 Å². The van der Waals surface area contributed by atoms with Crippen molar-refractivity contribution < 1.29 is 9.66 Å². The molecule has 1 aromatic rings. The van der Waals surface area contributed by atoms with Gasteiger partial charge in [0.25, 0.3) is 5.69 Å². The van der Waals surface area contributed by atoms with E-state index in [-0.39, 0.29) is 21.9 Å². The first kappa shape index (κ1) is 12.3. The van der Waals surface area contributed by atoms with E-state index in [1.54, 1.807) is 18.2 Å². The van der Waals surface area contributed by atoms with Crippen molar-refractivity contribution in [2.45, 2.75) is 22.6 Å². The van der Waals surface area contributed by atoms with Crippen LogP contribution in [0.3, 0.4) is 0 Å². The average Bonchev–Trinajstić information content (AvgIpc) is 2.32. The van der Waals surface area contributed by atoms with E-state index >= 15 is 0 Å². The van der Waals surface area contributed by atoms with Crippen LogP contribution in [-0.2, 0) is 4.74 Å². The van der Waals surface area contributed by atoms with Crippen LogP contribution >= 0.6 is 11.8 Å². The maximum atomic E-state index is 10.9. The number of thioether (sulfide) groups is 1. The molecule has 1 fully saturated rings. The summed E-state index contributed by atoms with van der Waals surface area (Å²) in [6.07, 6.45) is 0.804. The van der Waals surface area contributed by atoms with Crippen LogP contribution in [0.25, 0.3) is 0 Å². The minimum Gasteiger partial charge on any atom is -0.380 e. The highest BCUT2D eigenvalue weighted by Crippen LogP contribution is 2.34. The van der Waals surface area contributed by atoms with Crippen LogP contribution in [-0.4, -0.2) is 29.4 Å². The quantitative estimate of drug-likeness (QED) is 0.657. The van der Waals surface area contributed by atoms with E-state index in [9.17, 15) is 10.1 Å². The largest absolute Gasteiger partial charge is 0.380 e. The van der Waals surface area contributed by atoms with Gasteiger partial charge in [-0.05, 0) is 12.5 Å². The Morgan fingerprint density at radius 2 is 2.24 bits per heavy atom. The molecule has 1 aliphatic rings. The number of benzene rings is 1. The molecule has 0 radical (unpaired) electrons. The molecule has 0 amide bonds. The summed E-state index contributed by atoms with van der Waals surface area (Å²) in [5.41, 5.74) is 6.12. The standard InChI is InChI=1S/C11H14N2O3S/c12-8-5-6-16-7-11(8)17-10-4-2-1-3-9(10)13(14)15/h1-4,8,11H,5-7,12H2. The second-order valence-corrected chi connectivity index (χ2v) is 5.19. The van der Waals surface area contributed by atoms with Gasteiger partial charge in [0, 0.05) is 24.0 Å². The number of hydrogen-bond acceptors (Lipinski definition) is 5. The van der Waals surface area contributed by atoms with E-state index in [4.69, 9.17) is 10.5 Å². The fourth-order valence-corrected chi connectivity index (χ4v) is 2.94. The third-order valence-electron chi connectivity index (χ3n) is 2.70. The minimum absolute atomic E-state index is 0.0357. The summed E-state index contributed by atoms with van der Waals surface area (Å²) in [4.78, 5) is 11.2. The van der Waals surface area contributed by atoms with E-state index in [2.05, 4.69) is 0 Å². The maximum Gasteiger partial charge on any atom is 0.282 e. The Balaban J connectivity index is 2.14. The number of nitro benzene ring substituents is 1. The summed E-state index contributed by atoms with van der Waals surface area (Å²) in [6.45, 7) is 1.23. The van der Waals surface area contributed by atoms with Gasteiger partial charge in [0.1, 0.15) is 0 Å². The summed E-state index contributed by atoms with van der Waals surface area (Å²) in [5, 5.41) is 11.0. The number of para-hydroxylation sites is 1. The van der Waals surface area contributed by atoms with Crippen LogP contribution in [0.4, 0.5) is 5.69 Å². The molecular formula is C11H14N2O3S. The third-order valence-corrected chi connectivity index (χ3v) is 4.08. The number of nitrogens with zero attached hydrogens (tertiary/aromatic N) is 1. The van der Waals surface area contributed by atoms with Crippen molar-refractivity contribution in [1.82, 2.24) is 0 Å². The molecule has 0 aromatic heterocycles. The molecule has 0 spiro atoms. The molecule has 1 heterocycles. The zero-order valence-corrected chi connectivity index (χ0v) is 10.1. The lowest BCUT2D eigenvalue weighted by atomic mass is 10.1. The molecule has 0 aliphatic carbocycles. The van der Waals surface area contributed by atoms with Crippen LogP contribution in [0.5, 0.6) is 0 Å². The normalized spacial score (nSPS) is 24.5.